The van der Waals surface area contributed by atoms with Crippen LogP contribution >= 0.6 is 0 Å². The summed E-state index contributed by atoms with van der Waals surface area (Å²) in [6.07, 6.45) is 0.327. The van der Waals surface area contributed by atoms with E-state index in [1.165, 1.54) is 19.9 Å². The molecule has 0 aliphatic rings. The van der Waals surface area contributed by atoms with Gasteiger partial charge in [-0.15, -0.1) is 0 Å². The smallest absolute Gasteiger partial charge is 0.318 e. The van der Waals surface area contributed by atoms with Crippen molar-refractivity contribution in [1.82, 2.24) is 5.32 Å². The molecule has 5 heteroatoms. The van der Waals surface area contributed by atoms with Gasteiger partial charge >= 0.3 is 5.97 Å². The third kappa shape index (κ3) is 3.29. The first-order valence-electron chi connectivity index (χ1n) is 5.61. The number of rotatable bonds is 5. The molecule has 4 nitrogen and oxygen atoms in total. The minimum atomic E-state index is -1.48. The van der Waals surface area contributed by atoms with Crippen molar-refractivity contribution < 1.29 is 19.1 Å². The van der Waals surface area contributed by atoms with Crippen molar-refractivity contribution in [3.63, 3.8) is 0 Å². The number of nitrogens with one attached hydrogen (secondary N) is 1. The Hall–Kier alpha value is -1.91. The molecule has 0 aliphatic heterocycles. The maximum Gasteiger partial charge on any atom is 0.318 e. The summed E-state index contributed by atoms with van der Waals surface area (Å²) in [7, 11) is 0. The monoisotopic (exact) mass is 253 g/mol. The minimum absolute atomic E-state index is 0.205. The lowest BCUT2D eigenvalue weighted by Crippen LogP contribution is -2.43. The van der Waals surface area contributed by atoms with Gasteiger partial charge in [0, 0.05) is 6.54 Å². The van der Waals surface area contributed by atoms with E-state index in [4.69, 9.17) is 5.11 Å². The topological polar surface area (TPSA) is 66.4 Å². The number of amides is 1. The number of benzene rings is 1. The van der Waals surface area contributed by atoms with E-state index in [1.807, 2.05) is 0 Å². The number of carboxylic acids is 1. The fraction of sp³-hybridized carbons (Fsp3) is 0.385. The number of hydrogen-bond donors (Lipinski definition) is 2. The third-order valence-electron chi connectivity index (χ3n) is 2.74. The van der Waals surface area contributed by atoms with Gasteiger partial charge in [-0.25, -0.2) is 4.39 Å². The van der Waals surface area contributed by atoms with E-state index in [1.54, 1.807) is 18.2 Å². The van der Waals surface area contributed by atoms with Gasteiger partial charge in [-0.2, -0.15) is 0 Å². The van der Waals surface area contributed by atoms with Crippen molar-refractivity contribution in [3.05, 3.63) is 35.6 Å². The highest BCUT2D eigenvalue weighted by Crippen LogP contribution is 2.15. The Morgan fingerprint density at radius 3 is 2.50 bits per heavy atom. The van der Waals surface area contributed by atoms with Gasteiger partial charge in [0.25, 0.3) is 0 Å². The zero-order valence-electron chi connectivity index (χ0n) is 10.4. The number of hydrogen-bond acceptors (Lipinski definition) is 2. The Labute approximate surface area is 105 Å². The molecule has 0 aromatic heterocycles. The molecule has 1 aromatic carbocycles. The second-order valence-electron chi connectivity index (χ2n) is 4.53. The molecule has 0 saturated carbocycles. The predicted molar refractivity (Wildman–Crippen MR) is 64.5 cm³/mol. The number of aliphatic carboxylic acids is 1. The average Bonchev–Trinajstić information content (AvgIpc) is 2.31. The van der Waals surface area contributed by atoms with E-state index in [-0.39, 0.29) is 12.4 Å². The Morgan fingerprint density at radius 2 is 1.94 bits per heavy atom. The van der Waals surface area contributed by atoms with E-state index < -0.39 is 17.3 Å². The van der Waals surface area contributed by atoms with Crippen LogP contribution in [-0.4, -0.2) is 23.5 Å². The summed E-state index contributed by atoms with van der Waals surface area (Å²) in [5.41, 5.74) is -0.985. The Morgan fingerprint density at radius 1 is 1.33 bits per heavy atom. The van der Waals surface area contributed by atoms with Gasteiger partial charge < -0.3 is 10.4 Å². The molecular formula is C13H16FNO3. The number of halogens is 1. The highest BCUT2D eigenvalue weighted by molar-refractivity contribution is 6.00. The fourth-order valence-corrected chi connectivity index (χ4v) is 1.33. The molecule has 0 fully saturated rings. The molecule has 0 atom stereocenters. The van der Waals surface area contributed by atoms with Crippen LogP contribution in [0.5, 0.6) is 0 Å². The zero-order valence-corrected chi connectivity index (χ0v) is 10.4. The van der Waals surface area contributed by atoms with Gasteiger partial charge in [0.15, 0.2) is 0 Å². The third-order valence-corrected chi connectivity index (χ3v) is 2.74. The van der Waals surface area contributed by atoms with Gasteiger partial charge in [0.2, 0.25) is 5.91 Å². The summed E-state index contributed by atoms with van der Waals surface area (Å²) < 4.78 is 13.3. The molecule has 2 N–H and O–H groups in total. The molecule has 0 spiro atoms. The maximum atomic E-state index is 13.3. The van der Waals surface area contributed by atoms with E-state index in [9.17, 15) is 14.0 Å². The summed E-state index contributed by atoms with van der Waals surface area (Å²) in [6.45, 7) is 2.86. The Bertz CT molecular complexity index is 457. The highest BCUT2D eigenvalue weighted by atomic mass is 19.1. The SMILES string of the molecule is CC(C)(C(=O)O)C(=O)NCCc1ccccc1F. The molecule has 0 radical (unpaired) electrons. The maximum absolute atomic E-state index is 13.3. The van der Waals surface area contributed by atoms with Crippen molar-refractivity contribution in [2.24, 2.45) is 5.41 Å². The molecule has 0 heterocycles. The van der Waals surface area contributed by atoms with E-state index in [0.29, 0.717) is 12.0 Å². The predicted octanol–water partition coefficient (Wildman–Crippen LogP) is 1.60. The lowest BCUT2D eigenvalue weighted by Gasteiger charge is -2.18. The largest absolute Gasteiger partial charge is 0.480 e. The summed E-state index contributed by atoms with van der Waals surface area (Å²) in [5.74, 6) is -2.10. The summed E-state index contributed by atoms with van der Waals surface area (Å²) in [4.78, 5) is 22.4. The molecule has 1 amide bonds. The standard InChI is InChI=1S/C13H16FNO3/c1-13(2,12(17)18)11(16)15-8-7-9-5-3-4-6-10(9)14/h3-6H,7-8H2,1-2H3,(H,15,16)(H,17,18). The van der Waals surface area contributed by atoms with Crippen molar-refractivity contribution in [2.45, 2.75) is 20.3 Å². The van der Waals surface area contributed by atoms with Crippen LogP contribution < -0.4 is 5.32 Å². The molecule has 1 rings (SSSR count). The van der Waals surface area contributed by atoms with E-state index >= 15 is 0 Å². The number of carboxylic acid groups (broad SMARTS) is 1. The van der Waals surface area contributed by atoms with Crippen LogP contribution in [0.25, 0.3) is 0 Å². The second-order valence-corrected chi connectivity index (χ2v) is 4.53. The van der Waals surface area contributed by atoms with Crippen molar-refractivity contribution in [2.75, 3.05) is 6.54 Å². The van der Waals surface area contributed by atoms with E-state index in [2.05, 4.69) is 5.32 Å². The van der Waals surface area contributed by atoms with Gasteiger partial charge in [0.05, 0.1) is 0 Å². The van der Waals surface area contributed by atoms with Gasteiger partial charge in [-0.3, -0.25) is 9.59 Å². The van der Waals surface area contributed by atoms with Gasteiger partial charge in [-0.05, 0) is 31.9 Å². The Kier molecular flexibility index (Phi) is 4.42. The van der Waals surface area contributed by atoms with Gasteiger partial charge in [-0.1, -0.05) is 18.2 Å². The van der Waals surface area contributed by atoms with Crippen molar-refractivity contribution in [1.29, 1.82) is 0 Å². The molecule has 0 bridgehead atoms. The summed E-state index contributed by atoms with van der Waals surface area (Å²) >= 11 is 0. The van der Waals surface area contributed by atoms with Crippen molar-refractivity contribution >= 4 is 11.9 Å². The summed E-state index contributed by atoms with van der Waals surface area (Å²) in [6, 6.07) is 6.27. The number of carbonyl (C=O) groups is 2. The second kappa shape index (κ2) is 5.62. The lowest BCUT2D eigenvalue weighted by atomic mass is 9.92. The molecule has 18 heavy (non-hydrogen) atoms. The molecular weight excluding hydrogens is 237 g/mol. The quantitative estimate of drug-likeness (QED) is 0.783. The molecule has 0 aliphatic carbocycles. The minimum Gasteiger partial charge on any atom is -0.480 e. The van der Waals surface area contributed by atoms with Crippen molar-refractivity contribution in [3.8, 4) is 0 Å². The van der Waals surface area contributed by atoms with Crippen LogP contribution in [0.3, 0.4) is 0 Å². The Balaban J connectivity index is 2.51. The molecule has 0 saturated heterocycles. The average molecular weight is 253 g/mol. The molecule has 98 valence electrons. The first-order chi connectivity index (χ1) is 8.35. The highest BCUT2D eigenvalue weighted by Gasteiger charge is 2.35. The summed E-state index contributed by atoms with van der Waals surface area (Å²) in [5, 5.41) is 11.3. The van der Waals surface area contributed by atoms with Crippen LogP contribution in [-0.2, 0) is 16.0 Å². The van der Waals surface area contributed by atoms with Crippen LogP contribution in [0.4, 0.5) is 4.39 Å². The van der Waals surface area contributed by atoms with Crippen LogP contribution in [0, 0.1) is 11.2 Å². The zero-order chi connectivity index (χ0) is 13.8. The molecule has 1 aromatic rings. The molecule has 0 unspecified atom stereocenters. The fourth-order valence-electron chi connectivity index (χ4n) is 1.33. The van der Waals surface area contributed by atoms with Crippen LogP contribution in [0.15, 0.2) is 24.3 Å². The normalized spacial score (nSPS) is 11.1. The van der Waals surface area contributed by atoms with Crippen LogP contribution in [0.2, 0.25) is 0 Å². The van der Waals surface area contributed by atoms with Crippen LogP contribution in [0.1, 0.15) is 19.4 Å². The van der Waals surface area contributed by atoms with E-state index in [0.717, 1.165) is 0 Å². The van der Waals surface area contributed by atoms with Gasteiger partial charge in [0.1, 0.15) is 11.2 Å². The number of carbonyl (C=O) groups excluding carboxylic acids is 1. The first-order valence-corrected chi connectivity index (χ1v) is 5.61. The lowest BCUT2D eigenvalue weighted by molar-refractivity contribution is -0.153. The first kappa shape index (κ1) is 14.2.